The fourth-order valence-corrected chi connectivity index (χ4v) is 6.19. The number of aryl methyl sites for hydroxylation is 1. The van der Waals surface area contributed by atoms with Crippen molar-refractivity contribution in [3.63, 3.8) is 0 Å². The zero-order valence-electron chi connectivity index (χ0n) is 22.3. The van der Waals surface area contributed by atoms with Crippen LogP contribution in [0.1, 0.15) is 49.3 Å². The standard InChI is InChI=1S/C31H30ClFN6O/c1-37-18-34-15-27(37)24-13-21(33)7-8-23(24)20-11-28(32)36-29(12-20)39-17-26(19-5-6-19)25-14-22(35-30(25)31(39)40)16-38-9-3-2-4-10-38/h7-8,11-15,17-19,35H,2-6,9-10,16H2,1H3. The Labute approximate surface area is 236 Å². The van der Waals surface area contributed by atoms with E-state index in [1.165, 1.54) is 31.4 Å². The van der Waals surface area contributed by atoms with E-state index >= 15 is 0 Å². The zero-order chi connectivity index (χ0) is 27.4. The van der Waals surface area contributed by atoms with Crippen LogP contribution >= 0.6 is 11.6 Å². The molecule has 2 fully saturated rings. The number of benzene rings is 1. The molecule has 0 bridgehead atoms. The van der Waals surface area contributed by atoms with Crippen LogP contribution in [-0.4, -0.2) is 42.1 Å². The minimum Gasteiger partial charge on any atom is -0.353 e. The number of fused-ring (bicyclic) bond motifs is 1. The van der Waals surface area contributed by atoms with Crippen molar-refractivity contribution < 1.29 is 4.39 Å². The number of halogens is 2. The first-order valence-electron chi connectivity index (χ1n) is 13.9. The number of hydrogen-bond donors (Lipinski definition) is 1. The number of pyridine rings is 2. The number of imidazole rings is 1. The number of rotatable bonds is 6. The molecule has 7 rings (SSSR count). The van der Waals surface area contributed by atoms with Gasteiger partial charge in [-0.25, -0.2) is 14.4 Å². The van der Waals surface area contributed by atoms with E-state index in [1.54, 1.807) is 29.2 Å². The van der Waals surface area contributed by atoms with Gasteiger partial charge in [0, 0.05) is 36.4 Å². The van der Waals surface area contributed by atoms with Crippen LogP contribution in [0.25, 0.3) is 39.1 Å². The molecule has 1 saturated heterocycles. The van der Waals surface area contributed by atoms with Crippen molar-refractivity contribution in [1.29, 1.82) is 0 Å². The molecular formula is C31H30ClFN6O. The van der Waals surface area contributed by atoms with E-state index in [4.69, 9.17) is 11.6 Å². The van der Waals surface area contributed by atoms with Gasteiger partial charge in [0.1, 0.15) is 22.3 Å². The quantitative estimate of drug-likeness (QED) is 0.244. The summed E-state index contributed by atoms with van der Waals surface area (Å²) < 4.78 is 17.8. The summed E-state index contributed by atoms with van der Waals surface area (Å²) in [5, 5.41) is 1.26. The first-order valence-corrected chi connectivity index (χ1v) is 14.3. The van der Waals surface area contributed by atoms with Crippen LogP contribution in [0, 0.1) is 5.82 Å². The lowest BCUT2D eigenvalue weighted by molar-refractivity contribution is 0.219. The molecule has 5 aromatic rings. The van der Waals surface area contributed by atoms with Crippen molar-refractivity contribution in [2.45, 2.75) is 44.6 Å². The van der Waals surface area contributed by atoms with E-state index in [9.17, 15) is 9.18 Å². The number of H-pyrrole nitrogens is 1. The summed E-state index contributed by atoms with van der Waals surface area (Å²) in [6.07, 6.45) is 11.3. The Morgan fingerprint density at radius 3 is 2.65 bits per heavy atom. The molecule has 40 heavy (non-hydrogen) atoms. The summed E-state index contributed by atoms with van der Waals surface area (Å²) in [4.78, 5) is 28.6. The third-order valence-electron chi connectivity index (χ3n) is 8.16. The first kappa shape index (κ1) is 25.2. The van der Waals surface area contributed by atoms with Crippen molar-refractivity contribution in [1.82, 2.24) is 29.0 Å². The molecule has 0 amide bonds. The summed E-state index contributed by atoms with van der Waals surface area (Å²) in [6.45, 7) is 3.00. The Balaban J connectivity index is 1.35. The number of aromatic amines is 1. The normalized spacial score (nSPS) is 16.2. The number of piperidine rings is 1. The fraction of sp³-hybridized carbons (Fsp3) is 0.323. The average molecular weight is 557 g/mol. The zero-order valence-corrected chi connectivity index (χ0v) is 23.1. The van der Waals surface area contributed by atoms with Gasteiger partial charge in [0.25, 0.3) is 5.56 Å². The summed E-state index contributed by atoms with van der Waals surface area (Å²) in [7, 11) is 1.87. The maximum absolute atomic E-state index is 14.4. The Morgan fingerprint density at radius 1 is 1.07 bits per heavy atom. The van der Waals surface area contributed by atoms with E-state index < -0.39 is 0 Å². The molecule has 0 spiro atoms. The molecule has 0 unspecified atom stereocenters. The van der Waals surface area contributed by atoms with Gasteiger partial charge in [-0.1, -0.05) is 24.1 Å². The van der Waals surface area contributed by atoms with Gasteiger partial charge in [-0.2, -0.15) is 0 Å². The number of likely N-dealkylation sites (tertiary alicyclic amines) is 1. The van der Waals surface area contributed by atoms with Crippen LogP contribution in [0.4, 0.5) is 4.39 Å². The molecule has 1 aromatic carbocycles. The van der Waals surface area contributed by atoms with Gasteiger partial charge in [-0.05, 0) is 91.7 Å². The SMILES string of the molecule is Cn1cncc1-c1cc(F)ccc1-c1cc(Cl)nc(-n2cc(C3CC3)c3cc(CN4CCCCC4)[nH]c3c2=O)c1. The van der Waals surface area contributed by atoms with Crippen LogP contribution in [0.15, 0.2) is 59.9 Å². The highest BCUT2D eigenvalue weighted by Crippen LogP contribution is 2.43. The van der Waals surface area contributed by atoms with Crippen molar-refractivity contribution >= 4 is 22.5 Å². The molecule has 1 N–H and O–H groups in total. The van der Waals surface area contributed by atoms with E-state index in [1.807, 2.05) is 23.9 Å². The Morgan fingerprint density at radius 2 is 1.90 bits per heavy atom. The van der Waals surface area contributed by atoms with Gasteiger partial charge in [0.05, 0.1) is 18.2 Å². The highest BCUT2D eigenvalue weighted by Gasteiger charge is 2.28. The van der Waals surface area contributed by atoms with Crippen LogP contribution in [0.3, 0.4) is 0 Å². The number of aromatic nitrogens is 5. The third kappa shape index (κ3) is 4.65. The summed E-state index contributed by atoms with van der Waals surface area (Å²) in [5.74, 6) is 0.520. The third-order valence-corrected chi connectivity index (χ3v) is 8.35. The van der Waals surface area contributed by atoms with Crippen molar-refractivity contribution in [2.75, 3.05) is 13.1 Å². The van der Waals surface area contributed by atoms with Crippen LogP contribution in [0.2, 0.25) is 5.15 Å². The molecule has 5 heterocycles. The van der Waals surface area contributed by atoms with E-state index in [-0.39, 0.29) is 16.5 Å². The van der Waals surface area contributed by atoms with E-state index in [0.717, 1.165) is 65.9 Å². The lowest BCUT2D eigenvalue weighted by atomic mass is 9.98. The largest absolute Gasteiger partial charge is 0.353 e. The minimum absolute atomic E-state index is 0.157. The molecule has 1 saturated carbocycles. The molecule has 0 radical (unpaired) electrons. The van der Waals surface area contributed by atoms with Gasteiger partial charge in [-0.3, -0.25) is 14.3 Å². The lowest BCUT2D eigenvalue weighted by Crippen LogP contribution is -2.29. The highest BCUT2D eigenvalue weighted by molar-refractivity contribution is 6.29. The smallest absolute Gasteiger partial charge is 0.280 e. The molecule has 9 heteroatoms. The minimum atomic E-state index is -0.344. The molecule has 2 aliphatic rings. The van der Waals surface area contributed by atoms with Crippen molar-refractivity contribution in [2.24, 2.45) is 7.05 Å². The molecule has 0 atom stereocenters. The second-order valence-corrected chi connectivity index (χ2v) is 11.5. The Bertz CT molecular complexity index is 1790. The average Bonchev–Trinajstić information content (AvgIpc) is 3.56. The predicted molar refractivity (Wildman–Crippen MR) is 155 cm³/mol. The van der Waals surface area contributed by atoms with Gasteiger partial charge >= 0.3 is 0 Å². The summed E-state index contributed by atoms with van der Waals surface area (Å²) in [5.41, 5.74) is 5.65. The molecule has 4 aromatic heterocycles. The van der Waals surface area contributed by atoms with Gasteiger partial charge in [0.15, 0.2) is 0 Å². The fourth-order valence-electron chi connectivity index (χ4n) is 5.99. The van der Waals surface area contributed by atoms with E-state index in [0.29, 0.717) is 22.8 Å². The molecule has 204 valence electrons. The molecule has 1 aliphatic heterocycles. The Hall–Kier alpha value is -3.75. The van der Waals surface area contributed by atoms with Crippen molar-refractivity contribution in [3.8, 4) is 28.2 Å². The van der Waals surface area contributed by atoms with Crippen LogP contribution in [0.5, 0.6) is 0 Å². The molecule has 1 aliphatic carbocycles. The van der Waals surface area contributed by atoms with Crippen LogP contribution < -0.4 is 5.56 Å². The summed E-state index contributed by atoms with van der Waals surface area (Å²) in [6, 6.07) is 10.4. The maximum Gasteiger partial charge on any atom is 0.280 e. The van der Waals surface area contributed by atoms with Crippen LogP contribution in [-0.2, 0) is 13.6 Å². The van der Waals surface area contributed by atoms with E-state index in [2.05, 4.69) is 25.9 Å². The Kier molecular flexibility index (Phi) is 6.32. The number of nitrogens with zero attached hydrogens (tertiary/aromatic N) is 5. The molecule has 7 nitrogen and oxygen atoms in total. The number of hydrogen-bond acceptors (Lipinski definition) is 4. The summed E-state index contributed by atoms with van der Waals surface area (Å²) >= 11 is 6.56. The topological polar surface area (TPSA) is 71.7 Å². The maximum atomic E-state index is 14.4. The second-order valence-electron chi connectivity index (χ2n) is 11.1. The highest BCUT2D eigenvalue weighted by atomic mass is 35.5. The van der Waals surface area contributed by atoms with Crippen molar-refractivity contribution in [3.05, 3.63) is 87.7 Å². The van der Waals surface area contributed by atoms with Gasteiger partial charge < -0.3 is 9.55 Å². The first-order chi connectivity index (χ1) is 19.4. The van der Waals surface area contributed by atoms with Gasteiger partial charge in [-0.15, -0.1) is 0 Å². The molecular weight excluding hydrogens is 527 g/mol. The monoisotopic (exact) mass is 556 g/mol. The predicted octanol–water partition coefficient (Wildman–Crippen LogP) is 6.44. The number of nitrogens with one attached hydrogen (secondary N) is 1. The van der Waals surface area contributed by atoms with Gasteiger partial charge in [0.2, 0.25) is 0 Å². The second kappa shape index (κ2) is 10.0. The lowest BCUT2D eigenvalue weighted by Gasteiger charge is -2.25.